The summed E-state index contributed by atoms with van der Waals surface area (Å²) >= 11 is 1.54. The fourth-order valence-corrected chi connectivity index (χ4v) is 2.49. The summed E-state index contributed by atoms with van der Waals surface area (Å²) in [6, 6.07) is 3.86. The van der Waals surface area contributed by atoms with Crippen LogP contribution in [0.1, 0.15) is 31.5 Å². The third-order valence-corrected chi connectivity index (χ3v) is 3.65. The van der Waals surface area contributed by atoms with Crippen LogP contribution in [0.3, 0.4) is 0 Å². The van der Waals surface area contributed by atoms with Crippen molar-refractivity contribution >= 4 is 17.6 Å². The maximum atomic E-state index is 4.62. The second-order valence-corrected chi connectivity index (χ2v) is 5.44. The zero-order valence-electron chi connectivity index (χ0n) is 10.7. The molecule has 0 aliphatic heterocycles. The summed E-state index contributed by atoms with van der Waals surface area (Å²) in [6.07, 6.45) is 5.69. The Balaban J connectivity index is 1.86. The van der Waals surface area contributed by atoms with Crippen molar-refractivity contribution < 1.29 is 0 Å². The van der Waals surface area contributed by atoms with Gasteiger partial charge in [-0.2, -0.15) is 0 Å². The third-order valence-electron chi connectivity index (χ3n) is 2.78. The molecule has 1 aliphatic carbocycles. The molecule has 0 atom stereocenters. The van der Waals surface area contributed by atoms with E-state index in [1.54, 1.807) is 24.3 Å². The van der Waals surface area contributed by atoms with Crippen LogP contribution >= 0.6 is 11.8 Å². The van der Waals surface area contributed by atoms with Gasteiger partial charge in [0.15, 0.2) is 0 Å². The Hall–Kier alpha value is -1.69. The van der Waals surface area contributed by atoms with E-state index in [1.807, 2.05) is 12.1 Å². The molecule has 0 saturated heterocycles. The first-order chi connectivity index (χ1) is 9.35. The van der Waals surface area contributed by atoms with Gasteiger partial charge in [-0.25, -0.2) is 19.9 Å². The summed E-state index contributed by atoms with van der Waals surface area (Å²) in [5.41, 5.74) is 0. The Morgan fingerprint density at radius 3 is 2.89 bits per heavy atom. The molecule has 0 radical (unpaired) electrons. The fourth-order valence-electron chi connectivity index (χ4n) is 1.74. The highest BCUT2D eigenvalue weighted by molar-refractivity contribution is 7.99. The van der Waals surface area contributed by atoms with Gasteiger partial charge in [0.1, 0.15) is 28.0 Å². The molecule has 0 aromatic carbocycles. The van der Waals surface area contributed by atoms with E-state index in [0.29, 0.717) is 5.92 Å². The predicted octanol–water partition coefficient (Wildman–Crippen LogP) is 2.73. The monoisotopic (exact) mass is 273 g/mol. The number of anilines is 1. The van der Waals surface area contributed by atoms with E-state index in [-0.39, 0.29) is 0 Å². The summed E-state index contributed by atoms with van der Waals surface area (Å²) in [7, 11) is 0. The van der Waals surface area contributed by atoms with Crippen molar-refractivity contribution in [3.05, 3.63) is 30.5 Å². The van der Waals surface area contributed by atoms with Crippen molar-refractivity contribution in [3.63, 3.8) is 0 Å². The SMILES string of the molecule is CCNc1cc(Sc2ccncn2)nc(C2CC2)n1. The highest BCUT2D eigenvalue weighted by Crippen LogP contribution is 2.39. The highest BCUT2D eigenvalue weighted by Gasteiger charge is 2.27. The standard InChI is InChI=1S/C13H15N5S/c1-2-15-10-7-12(18-13(17-10)9-3-4-9)19-11-5-6-14-8-16-11/h5-9H,2-4H2,1H3,(H,15,17,18). The van der Waals surface area contributed by atoms with Crippen LogP contribution in [0.5, 0.6) is 0 Å². The summed E-state index contributed by atoms with van der Waals surface area (Å²) in [5, 5.41) is 5.10. The summed E-state index contributed by atoms with van der Waals surface area (Å²) in [4.78, 5) is 17.3. The molecular formula is C13H15N5S. The average molecular weight is 273 g/mol. The summed E-state index contributed by atoms with van der Waals surface area (Å²) < 4.78 is 0. The van der Waals surface area contributed by atoms with Crippen LogP contribution in [0, 0.1) is 0 Å². The molecule has 2 aromatic rings. The van der Waals surface area contributed by atoms with Crippen LogP contribution in [-0.2, 0) is 0 Å². The largest absolute Gasteiger partial charge is 0.370 e. The van der Waals surface area contributed by atoms with Crippen molar-refractivity contribution in [2.45, 2.75) is 35.7 Å². The third kappa shape index (κ3) is 3.20. The number of nitrogens with one attached hydrogen (secondary N) is 1. The first-order valence-corrected chi connectivity index (χ1v) is 7.23. The lowest BCUT2D eigenvalue weighted by atomic mass is 10.4. The number of hydrogen-bond donors (Lipinski definition) is 1. The van der Waals surface area contributed by atoms with Gasteiger partial charge in [-0.15, -0.1) is 0 Å². The lowest BCUT2D eigenvalue weighted by molar-refractivity contribution is 0.875. The number of aromatic nitrogens is 4. The van der Waals surface area contributed by atoms with Crippen molar-refractivity contribution in [2.75, 3.05) is 11.9 Å². The lowest BCUT2D eigenvalue weighted by Crippen LogP contribution is -2.03. The molecule has 0 unspecified atom stereocenters. The van der Waals surface area contributed by atoms with E-state index in [2.05, 4.69) is 32.2 Å². The van der Waals surface area contributed by atoms with E-state index in [9.17, 15) is 0 Å². The molecule has 1 aliphatic rings. The number of hydrogen-bond acceptors (Lipinski definition) is 6. The van der Waals surface area contributed by atoms with E-state index < -0.39 is 0 Å². The van der Waals surface area contributed by atoms with Gasteiger partial charge in [0, 0.05) is 24.7 Å². The molecule has 5 nitrogen and oxygen atoms in total. The van der Waals surface area contributed by atoms with Gasteiger partial charge in [0.25, 0.3) is 0 Å². The molecule has 19 heavy (non-hydrogen) atoms. The molecule has 1 fully saturated rings. The van der Waals surface area contributed by atoms with Gasteiger partial charge in [0.05, 0.1) is 0 Å². The number of nitrogens with zero attached hydrogens (tertiary/aromatic N) is 4. The molecule has 98 valence electrons. The second-order valence-electron chi connectivity index (χ2n) is 4.40. The maximum Gasteiger partial charge on any atom is 0.135 e. The van der Waals surface area contributed by atoms with Crippen LogP contribution in [-0.4, -0.2) is 26.5 Å². The topological polar surface area (TPSA) is 63.6 Å². The minimum absolute atomic E-state index is 0.545. The maximum absolute atomic E-state index is 4.62. The Kier molecular flexibility index (Phi) is 3.59. The fraction of sp³-hybridized carbons (Fsp3) is 0.385. The average Bonchev–Trinajstić information content (AvgIpc) is 3.24. The quantitative estimate of drug-likeness (QED) is 0.845. The van der Waals surface area contributed by atoms with Crippen molar-refractivity contribution in [2.24, 2.45) is 0 Å². The minimum atomic E-state index is 0.545. The normalized spacial score (nSPS) is 14.4. The first kappa shape index (κ1) is 12.3. The predicted molar refractivity (Wildman–Crippen MR) is 74.3 cm³/mol. The van der Waals surface area contributed by atoms with Crippen molar-refractivity contribution in [1.82, 2.24) is 19.9 Å². The van der Waals surface area contributed by atoms with Gasteiger partial charge in [-0.05, 0) is 37.6 Å². The van der Waals surface area contributed by atoms with Gasteiger partial charge in [0.2, 0.25) is 0 Å². The van der Waals surface area contributed by atoms with Crippen molar-refractivity contribution in [3.8, 4) is 0 Å². The molecule has 0 spiro atoms. The van der Waals surface area contributed by atoms with Crippen molar-refractivity contribution in [1.29, 1.82) is 0 Å². The molecular weight excluding hydrogens is 258 g/mol. The molecule has 2 aromatic heterocycles. The van der Waals surface area contributed by atoms with E-state index in [4.69, 9.17) is 0 Å². The Labute approximate surface area is 116 Å². The lowest BCUT2D eigenvalue weighted by Gasteiger charge is -2.07. The van der Waals surface area contributed by atoms with Crippen LogP contribution in [0.15, 0.2) is 34.7 Å². The van der Waals surface area contributed by atoms with Crippen LogP contribution in [0.25, 0.3) is 0 Å². The summed E-state index contributed by atoms with van der Waals surface area (Å²) in [6.45, 7) is 2.93. The molecule has 2 heterocycles. The van der Waals surface area contributed by atoms with E-state index in [1.165, 1.54) is 12.8 Å². The molecule has 0 amide bonds. The van der Waals surface area contributed by atoms with Crippen LogP contribution in [0.4, 0.5) is 5.82 Å². The smallest absolute Gasteiger partial charge is 0.135 e. The molecule has 1 N–H and O–H groups in total. The zero-order valence-corrected chi connectivity index (χ0v) is 11.5. The van der Waals surface area contributed by atoms with E-state index >= 15 is 0 Å². The molecule has 0 bridgehead atoms. The van der Waals surface area contributed by atoms with Gasteiger partial charge < -0.3 is 5.32 Å². The van der Waals surface area contributed by atoms with Gasteiger partial charge >= 0.3 is 0 Å². The Morgan fingerprint density at radius 1 is 1.32 bits per heavy atom. The highest BCUT2D eigenvalue weighted by atomic mass is 32.2. The molecule has 1 saturated carbocycles. The summed E-state index contributed by atoms with van der Waals surface area (Å²) in [5.74, 6) is 2.40. The Morgan fingerprint density at radius 2 is 2.21 bits per heavy atom. The first-order valence-electron chi connectivity index (χ1n) is 6.42. The van der Waals surface area contributed by atoms with Crippen LogP contribution in [0.2, 0.25) is 0 Å². The van der Waals surface area contributed by atoms with Crippen LogP contribution < -0.4 is 5.32 Å². The zero-order chi connectivity index (χ0) is 13.1. The second kappa shape index (κ2) is 5.52. The van der Waals surface area contributed by atoms with Gasteiger partial charge in [-0.3, -0.25) is 0 Å². The molecule has 6 heteroatoms. The number of rotatable bonds is 5. The van der Waals surface area contributed by atoms with Gasteiger partial charge in [-0.1, -0.05) is 0 Å². The van der Waals surface area contributed by atoms with E-state index in [0.717, 1.165) is 28.2 Å². The Bertz CT molecular complexity index is 556. The molecule has 3 rings (SSSR count). The minimum Gasteiger partial charge on any atom is -0.370 e.